The van der Waals surface area contributed by atoms with Gasteiger partial charge in [-0.1, -0.05) is 6.07 Å². The molecule has 7 heteroatoms. The number of hydroxylamine groups is 1. The number of carbonyl (C=O) groups is 1. The van der Waals surface area contributed by atoms with Gasteiger partial charge in [0.25, 0.3) is 5.91 Å². The van der Waals surface area contributed by atoms with Crippen molar-refractivity contribution in [1.82, 2.24) is 5.48 Å². The minimum Gasteiger partial charge on any atom is -0.274 e. The van der Waals surface area contributed by atoms with Gasteiger partial charge in [-0.3, -0.25) is 9.63 Å². The molecule has 0 radical (unpaired) electrons. The van der Waals surface area contributed by atoms with E-state index in [1.807, 2.05) is 5.48 Å². The lowest BCUT2D eigenvalue weighted by atomic mass is 10.1. The molecule has 1 N–H and O–H groups in total. The molecule has 94 valence electrons. The van der Waals surface area contributed by atoms with Crippen molar-refractivity contribution < 1.29 is 27.2 Å². The van der Waals surface area contributed by atoms with E-state index >= 15 is 0 Å². The summed E-state index contributed by atoms with van der Waals surface area (Å²) in [4.78, 5) is 15.7. The Morgan fingerprint density at radius 1 is 1.41 bits per heavy atom. The smallest absolute Gasteiger partial charge is 0.274 e. The van der Waals surface area contributed by atoms with Crippen molar-refractivity contribution in [3.05, 3.63) is 35.1 Å². The van der Waals surface area contributed by atoms with E-state index in [2.05, 4.69) is 4.84 Å². The van der Waals surface area contributed by atoms with Crippen LogP contribution in [-0.2, 0) is 11.0 Å². The molecule has 1 amide bonds. The summed E-state index contributed by atoms with van der Waals surface area (Å²) in [6.07, 6.45) is -4.84. The van der Waals surface area contributed by atoms with Crippen molar-refractivity contribution in [1.29, 1.82) is 0 Å². The molecule has 1 rings (SSSR count). The molecule has 1 aromatic carbocycles. The Balaban J connectivity index is 3.06. The predicted molar refractivity (Wildman–Crippen MR) is 50.5 cm³/mol. The Morgan fingerprint density at radius 2 is 2.06 bits per heavy atom. The molecule has 0 aliphatic heterocycles. The summed E-state index contributed by atoms with van der Waals surface area (Å²) in [5.74, 6) is -2.67. The van der Waals surface area contributed by atoms with Crippen LogP contribution in [0, 0.1) is 5.82 Å². The zero-order chi connectivity index (χ0) is 13.1. The number of hydrogen-bond donors (Lipinski definition) is 1. The number of hydrogen-bond acceptors (Lipinski definition) is 2. The summed E-state index contributed by atoms with van der Waals surface area (Å²) in [6, 6.07) is 2.46. The Morgan fingerprint density at radius 3 is 2.59 bits per heavy atom. The lowest BCUT2D eigenvalue weighted by molar-refractivity contribution is -0.140. The molecule has 17 heavy (non-hydrogen) atoms. The number of halogens is 4. The SMILES string of the molecule is CCONC(=O)c1cccc(C(F)(F)F)c1F. The first-order chi connectivity index (χ1) is 7.88. The maximum Gasteiger partial charge on any atom is 0.419 e. The molecule has 0 spiro atoms. The molecule has 0 unspecified atom stereocenters. The fraction of sp³-hybridized carbons (Fsp3) is 0.300. The lowest BCUT2D eigenvalue weighted by Crippen LogP contribution is -2.25. The Bertz CT molecular complexity index is 417. The van der Waals surface area contributed by atoms with Crippen molar-refractivity contribution in [3.63, 3.8) is 0 Å². The van der Waals surface area contributed by atoms with E-state index in [1.54, 1.807) is 6.92 Å². The van der Waals surface area contributed by atoms with Gasteiger partial charge in [-0.15, -0.1) is 0 Å². The Labute approximate surface area is 94.3 Å². The van der Waals surface area contributed by atoms with Crippen LogP contribution in [0.4, 0.5) is 17.6 Å². The van der Waals surface area contributed by atoms with E-state index in [0.717, 1.165) is 12.1 Å². The van der Waals surface area contributed by atoms with Gasteiger partial charge in [0.05, 0.1) is 17.7 Å². The van der Waals surface area contributed by atoms with Crippen LogP contribution in [0.1, 0.15) is 22.8 Å². The zero-order valence-electron chi connectivity index (χ0n) is 8.77. The average molecular weight is 251 g/mol. The molecule has 0 aliphatic carbocycles. The molecular weight excluding hydrogens is 242 g/mol. The van der Waals surface area contributed by atoms with Crippen LogP contribution in [0.3, 0.4) is 0 Å². The van der Waals surface area contributed by atoms with Gasteiger partial charge in [0, 0.05) is 0 Å². The fourth-order valence-electron chi connectivity index (χ4n) is 1.12. The Hall–Kier alpha value is -1.63. The summed E-state index contributed by atoms with van der Waals surface area (Å²) >= 11 is 0. The minimum absolute atomic E-state index is 0.117. The maximum atomic E-state index is 13.4. The van der Waals surface area contributed by atoms with Gasteiger partial charge in [-0.2, -0.15) is 13.2 Å². The summed E-state index contributed by atoms with van der Waals surface area (Å²) in [6.45, 7) is 1.68. The molecule has 0 bridgehead atoms. The van der Waals surface area contributed by atoms with Crippen LogP contribution >= 0.6 is 0 Å². The standard InChI is InChI=1S/C10H9F4NO2/c1-2-17-15-9(16)6-4-3-5-7(8(6)11)10(12,13)14/h3-5H,2H2,1H3,(H,15,16). The monoisotopic (exact) mass is 251 g/mol. The molecular formula is C10H9F4NO2. The van der Waals surface area contributed by atoms with Crippen molar-refractivity contribution in [2.45, 2.75) is 13.1 Å². The summed E-state index contributed by atoms with van der Waals surface area (Å²) in [5, 5.41) is 0. The first-order valence-electron chi connectivity index (χ1n) is 4.65. The number of benzene rings is 1. The first kappa shape index (κ1) is 13.4. The third kappa shape index (κ3) is 3.16. The first-order valence-corrected chi connectivity index (χ1v) is 4.65. The molecule has 0 aliphatic rings. The summed E-state index contributed by atoms with van der Waals surface area (Å²) < 4.78 is 50.4. The third-order valence-electron chi connectivity index (χ3n) is 1.86. The molecule has 1 aromatic rings. The van der Waals surface area contributed by atoms with Crippen molar-refractivity contribution in [2.75, 3.05) is 6.61 Å². The lowest BCUT2D eigenvalue weighted by Gasteiger charge is -2.10. The highest BCUT2D eigenvalue weighted by atomic mass is 19.4. The topological polar surface area (TPSA) is 38.3 Å². The number of rotatable bonds is 3. The molecule has 0 saturated heterocycles. The fourth-order valence-corrected chi connectivity index (χ4v) is 1.12. The van der Waals surface area contributed by atoms with Crippen molar-refractivity contribution >= 4 is 5.91 Å². The van der Waals surface area contributed by atoms with Crippen molar-refractivity contribution in [2.24, 2.45) is 0 Å². The summed E-state index contributed by atoms with van der Waals surface area (Å²) in [7, 11) is 0. The highest BCUT2D eigenvalue weighted by Crippen LogP contribution is 2.32. The largest absolute Gasteiger partial charge is 0.419 e. The molecule has 0 saturated carbocycles. The predicted octanol–water partition coefficient (Wildman–Crippen LogP) is 2.53. The van der Waals surface area contributed by atoms with Crippen LogP contribution in [0.2, 0.25) is 0 Å². The molecule has 0 aromatic heterocycles. The average Bonchev–Trinajstić information content (AvgIpc) is 2.24. The van der Waals surface area contributed by atoms with E-state index in [-0.39, 0.29) is 6.61 Å². The van der Waals surface area contributed by atoms with Crippen LogP contribution in [-0.4, -0.2) is 12.5 Å². The van der Waals surface area contributed by atoms with Gasteiger partial charge < -0.3 is 0 Å². The molecule has 3 nitrogen and oxygen atoms in total. The van der Waals surface area contributed by atoms with E-state index in [9.17, 15) is 22.4 Å². The van der Waals surface area contributed by atoms with Gasteiger partial charge in [0.15, 0.2) is 0 Å². The highest BCUT2D eigenvalue weighted by molar-refractivity contribution is 5.93. The van der Waals surface area contributed by atoms with Crippen LogP contribution in [0.15, 0.2) is 18.2 Å². The molecule has 0 heterocycles. The normalized spacial score (nSPS) is 11.4. The van der Waals surface area contributed by atoms with Gasteiger partial charge in [0.2, 0.25) is 0 Å². The Kier molecular flexibility index (Phi) is 4.06. The quantitative estimate of drug-likeness (QED) is 0.662. The number of amides is 1. The second kappa shape index (κ2) is 5.13. The number of carbonyl (C=O) groups excluding carboxylic acids is 1. The molecule has 0 fully saturated rings. The maximum absolute atomic E-state index is 13.4. The zero-order valence-corrected chi connectivity index (χ0v) is 8.77. The second-order valence-corrected chi connectivity index (χ2v) is 3.03. The third-order valence-corrected chi connectivity index (χ3v) is 1.86. The van der Waals surface area contributed by atoms with Crippen molar-refractivity contribution in [3.8, 4) is 0 Å². The van der Waals surface area contributed by atoms with E-state index in [4.69, 9.17) is 0 Å². The number of alkyl halides is 3. The minimum atomic E-state index is -4.84. The van der Waals surface area contributed by atoms with Gasteiger partial charge >= 0.3 is 6.18 Å². The molecule has 0 atom stereocenters. The van der Waals surface area contributed by atoms with Crippen LogP contribution < -0.4 is 5.48 Å². The second-order valence-electron chi connectivity index (χ2n) is 3.03. The van der Waals surface area contributed by atoms with Gasteiger partial charge in [-0.05, 0) is 19.1 Å². The van der Waals surface area contributed by atoms with Crippen LogP contribution in [0.25, 0.3) is 0 Å². The van der Waals surface area contributed by atoms with E-state index in [1.165, 1.54) is 0 Å². The number of nitrogens with one attached hydrogen (secondary N) is 1. The van der Waals surface area contributed by atoms with Gasteiger partial charge in [0.1, 0.15) is 5.82 Å². The van der Waals surface area contributed by atoms with E-state index in [0.29, 0.717) is 6.07 Å². The van der Waals surface area contributed by atoms with Gasteiger partial charge in [-0.25, -0.2) is 9.87 Å². The summed E-state index contributed by atoms with van der Waals surface area (Å²) in [5.41, 5.74) is -0.377. The van der Waals surface area contributed by atoms with Crippen LogP contribution in [0.5, 0.6) is 0 Å². The van der Waals surface area contributed by atoms with E-state index < -0.39 is 29.0 Å². The highest BCUT2D eigenvalue weighted by Gasteiger charge is 2.35.